The summed E-state index contributed by atoms with van der Waals surface area (Å²) in [5.74, 6) is -0.264. The van der Waals surface area contributed by atoms with Gasteiger partial charge in [0, 0.05) is 58.8 Å². The van der Waals surface area contributed by atoms with Crippen LogP contribution in [0.5, 0.6) is 0 Å². The van der Waals surface area contributed by atoms with Crippen molar-refractivity contribution in [2.45, 2.75) is 24.9 Å². The molecule has 3 aromatic carbocycles. The molecular formula is C30H25N5O4. The minimum Gasteiger partial charge on any atom is -0.361 e. The number of nitrogens with one attached hydrogen (secondary N) is 2. The second-order valence-electron chi connectivity index (χ2n) is 10.2. The normalized spacial score (nSPS) is 19.0. The molecule has 1 saturated heterocycles. The van der Waals surface area contributed by atoms with Gasteiger partial charge in [-0.15, -0.1) is 0 Å². The van der Waals surface area contributed by atoms with E-state index in [9.17, 15) is 19.7 Å². The fourth-order valence-corrected chi connectivity index (χ4v) is 6.26. The van der Waals surface area contributed by atoms with E-state index in [-0.39, 0.29) is 24.0 Å². The summed E-state index contributed by atoms with van der Waals surface area (Å²) in [5, 5.41) is 13.7. The van der Waals surface area contributed by atoms with E-state index < -0.39 is 17.0 Å². The molecule has 2 N–H and O–H groups in total. The van der Waals surface area contributed by atoms with Crippen LogP contribution in [0.1, 0.15) is 28.4 Å². The molecule has 0 saturated carbocycles. The van der Waals surface area contributed by atoms with Crippen LogP contribution in [0.25, 0.3) is 21.8 Å². The highest BCUT2D eigenvalue weighted by Gasteiger charge is 2.48. The van der Waals surface area contributed by atoms with Crippen molar-refractivity contribution in [3.05, 3.63) is 111 Å². The van der Waals surface area contributed by atoms with Crippen LogP contribution in [0, 0.1) is 10.1 Å². The van der Waals surface area contributed by atoms with Gasteiger partial charge in [0.15, 0.2) is 0 Å². The lowest BCUT2D eigenvalue weighted by molar-refractivity contribution is -0.384. The number of para-hydroxylation sites is 2. The number of aromatic nitrogens is 2. The molecule has 2 amide bonds. The topological polar surface area (TPSA) is 115 Å². The fourth-order valence-electron chi connectivity index (χ4n) is 6.26. The smallest absolute Gasteiger partial charge is 0.269 e. The average molecular weight is 520 g/mol. The first-order valence-electron chi connectivity index (χ1n) is 13.0. The van der Waals surface area contributed by atoms with E-state index in [4.69, 9.17) is 0 Å². The van der Waals surface area contributed by atoms with E-state index in [2.05, 4.69) is 16.0 Å². The van der Waals surface area contributed by atoms with Gasteiger partial charge in [-0.1, -0.05) is 48.5 Å². The zero-order valence-electron chi connectivity index (χ0n) is 21.0. The number of nitrogens with zero attached hydrogens (tertiary/aromatic N) is 3. The predicted molar refractivity (Wildman–Crippen MR) is 146 cm³/mol. The van der Waals surface area contributed by atoms with Crippen LogP contribution in [-0.4, -0.2) is 55.6 Å². The first-order chi connectivity index (χ1) is 19.0. The van der Waals surface area contributed by atoms with Gasteiger partial charge in [-0.3, -0.25) is 19.7 Å². The number of benzene rings is 3. The fraction of sp³-hybridized carbons (Fsp3) is 0.200. The Morgan fingerprint density at radius 2 is 1.72 bits per heavy atom. The molecule has 2 aliphatic rings. The third-order valence-electron chi connectivity index (χ3n) is 8.07. The number of non-ortho nitro benzene ring substituents is 1. The molecule has 7 rings (SSSR count). The van der Waals surface area contributed by atoms with Gasteiger partial charge < -0.3 is 19.8 Å². The van der Waals surface area contributed by atoms with Crippen LogP contribution in [0.4, 0.5) is 5.69 Å². The van der Waals surface area contributed by atoms with Crippen LogP contribution in [0.2, 0.25) is 0 Å². The Labute approximate surface area is 223 Å². The molecule has 1 fully saturated rings. The van der Waals surface area contributed by atoms with Gasteiger partial charge in [0.05, 0.1) is 17.5 Å². The number of carbonyl (C=O) groups is 2. The molecule has 2 aromatic heterocycles. The summed E-state index contributed by atoms with van der Waals surface area (Å²) in [5.41, 5.74) is 5.39. The first kappa shape index (κ1) is 23.2. The SMILES string of the molecule is O=C1C2Cc3c([nH]c4ccccc34)C(c3cccc([N+](=O)[O-])c3)N2C(=O)CN1CCc1c[nH]c2ccccc12. The lowest BCUT2D eigenvalue weighted by Gasteiger charge is -2.47. The molecule has 9 heteroatoms. The van der Waals surface area contributed by atoms with Crippen molar-refractivity contribution < 1.29 is 14.5 Å². The van der Waals surface area contributed by atoms with E-state index in [0.29, 0.717) is 24.9 Å². The number of nitro benzene ring substituents is 1. The summed E-state index contributed by atoms with van der Waals surface area (Å²) in [4.78, 5) is 48.9. The second kappa shape index (κ2) is 8.83. The number of fused-ring (bicyclic) bond motifs is 5. The van der Waals surface area contributed by atoms with Crippen LogP contribution in [-0.2, 0) is 22.4 Å². The number of hydrogen-bond donors (Lipinski definition) is 2. The van der Waals surface area contributed by atoms with Crippen molar-refractivity contribution in [3.63, 3.8) is 0 Å². The van der Waals surface area contributed by atoms with Gasteiger partial charge in [0.25, 0.3) is 5.69 Å². The molecular weight excluding hydrogens is 494 g/mol. The first-order valence-corrected chi connectivity index (χ1v) is 13.0. The maximum Gasteiger partial charge on any atom is 0.269 e. The van der Waals surface area contributed by atoms with E-state index in [0.717, 1.165) is 38.6 Å². The summed E-state index contributed by atoms with van der Waals surface area (Å²) in [7, 11) is 0. The largest absolute Gasteiger partial charge is 0.361 e. The minimum absolute atomic E-state index is 0.0291. The van der Waals surface area contributed by atoms with Crippen LogP contribution >= 0.6 is 0 Å². The number of carbonyl (C=O) groups excluding carboxylic acids is 2. The third-order valence-corrected chi connectivity index (χ3v) is 8.07. The molecule has 0 bridgehead atoms. The Kier molecular flexibility index (Phi) is 5.26. The lowest BCUT2D eigenvalue weighted by Crippen LogP contribution is -2.63. The van der Waals surface area contributed by atoms with Crippen LogP contribution in [0.3, 0.4) is 0 Å². The maximum atomic E-state index is 14.0. The molecule has 39 heavy (non-hydrogen) atoms. The van der Waals surface area contributed by atoms with E-state index in [1.54, 1.807) is 21.9 Å². The Bertz CT molecular complexity index is 1790. The van der Waals surface area contributed by atoms with Crippen molar-refractivity contribution >= 4 is 39.3 Å². The number of hydrogen-bond acceptors (Lipinski definition) is 4. The van der Waals surface area contributed by atoms with Gasteiger partial charge in [-0.25, -0.2) is 0 Å². The number of H-pyrrole nitrogens is 2. The summed E-state index contributed by atoms with van der Waals surface area (Å²) >= 11 is 0. The zero-order chi connectivity index (χ0) is 26.7. The average Bonchev–Trinajstić information content (AvgIpc) is 3.54. The van der Waals surface area contributed by atoms with Gasteiger partial charge in [0.2, 0.25) is 11.8 Å². The highest BCUT2D eigenvalue weighted by Crippen LogP contribution is 2.43. The van der Waals surface area contributed by atoms with Crippen molar-refractivity contribution in [1.29, 1.82) is 0 Å². The van der Waals surface area contributed by atoms with E-state index >= 15 is 0 Å². The predicted octanol–water partition coefficient (Wildman–Crippen LogP) is 4.49. The quantitative estimate of drug-likeness (QED) is 0.263. The molecule has 2 aliphatic heterocycles. The highest BCUT2D eigenvalue weighted by atomic mass is 16.6. The molecule has 4 heterocycles. The summed E-state index contributed by atoms with van der Waals surface area (Å²) < 4.78 is 0. The Morgan fingerprint density at radius 1 is 0.949 bits per heavy atom. The number of piperazine rings is 1. The minimum atomic E-state index is -0.690. The number of rotatable bonds is 5. The molecule has 0 aliphatic carbocycles. The summed E-state index contributed by atoms with van der Waals surface area (Å²) in [6.45, 7) is 0.400. The Hall–Kier alpha value is -4.92. The maximum absolute atomic E-state index is 14.0. The molecule has 9 nitrogen and oxygen atoms in total. The highest BCUT2D eigenvalue weighted by molar-refractivity contribution is 5.97. The van der Waals surface area contributed by atoms with Crippen molar-refractivity contribution in [2.75, 3.05) is 13.1 Å². The number of amides is 2. The van der Waals surface area contributed by atoms with Crippen LogP contribution < -0.4 is 0 Å². The second-order valence-corrected chi connectivity index (χ2v) is 10.2. The Balaban J connectivity index is 1.27. The standard InChI is InChI=1S/C30H25N5O4/c36-27-17-33(13-12-19-16-31-24-10-3-1-8-21(19)24)30(37)26-15-23-22-9-2-4-11-25(22)32-28(23)29(34(26)27)18-6-5-7-20(14-18)35(38)39/h1-11,14,16,26,29,31-32H,12-13,15,17H2. The number of aromatic amines is 2. The van der Waals surface area contributed by atoms with E-state index in [1.807, 2.05) is 48.7 Å². The molecule has 0 radical (unpaired) electrons. The van der Waals surface area contributed by atoms with E-state index in [1.165, 1.54) is 12.1 Å². The monoisotopic (exact) mass is 519 g/mol. The van der Waals surface area contributed by atoms with Crippen molar-refractivity contribution in [3.8, 4) is 0 Å². The van der Waals surface area contributed by atoms with Crippen LogP contribution in [0.15, 0.2) is 79.0 Å². The van der Waals surface area contributed by atoms with Gasteiger partial charge >= 0.3 is 0 Å². The molecule has 2 atom stereocenters. The molecule has 0 spiro atoms. The summed E-state index contributed by atoms with van der Waals surface area (Å²) in [6.07, 6.45) is 2.98. The molecule has 5 aromatic rings. The van der Waals surface area contributed by atoms with Gasteiger partial charge in [0.1, 0.15) is 6.04 Å². The summed E-state index contributed by atoms with van der Waals surface area (Å²) in [6, 6.07) is 20.9. The molecule has 2 unspecified atom stereocenters. The van der Waals surface area contributed by atoms with Crippen molar-refractivity contribution in [2.24, 2.45) is 0 Å². The van der Waals surface area contributed by atoms with Crippen molar-refractivity contribution in [1.82, 2.24) is 19.8 Å². The van der Waals surface area contributed by atoms with Gasteiger partial charge in [-0.05, 0) is 35.2 Å². The third kappa shape index (κ3) is 3.69. The zero-order valence-corrected chi connectivity index (χ0v) is 21.0. The number of nitro groups is 1. The lowest BCUT2D eigenvalue weighted by atomic mass is 9.86. The molecule has 194 valence electrons. The Morgan fingerprint density at radius 3 is 2.54 bits per heavy atom. The van der Waals surface area contributed by atoms with Gasteiger partial charge in [-0.2, -0.15) is 0 Å².